The van der Waals surface area contributed by atoms with E-state index in [4.69, 9.17) is 9.72 Å². The normalized spacial score (nSPS) is 20.1. The number of benzene rings is 2. The summed E-state index contributed by atoms with van der Waals surface area (Å²) in [6.07, 6.45) is 3.00. The molecule has 3 aliphatic heterocycles. The largest absolute Gasteiger partial charge is 0.494 e. The molecule has 0 radical (unpaired) electrons. The number of amides is 1. The van der Waals surface area contributed by atoms with Gasteiger partial charge in [0.25, 0.3) is 5.56 Å². The summed E-state index contributed by atoms with van der Waals surface area (Å²) in [6, 6.07) is 10.6. The van der Waals surface area contributed by atoms with Gasteiger partial charge in [-0.25, -0.2) is 9.37 Å². The highest BCUT2D eigenvalue weighted by molar-refractivity contribution is 5.85. The number of aromatic nitrogens is 2. The first kappa shape index (κ1) is 25.2. The molecular formula is C28H34FN5O3. The Morgan fingerprint density at radius 1 is 1.16 bits per heavy atom. The predicted molar refractivity (Wildman–Crippen MR) is 143 cm³/mol. The quantitative estimate of drug-likeness (QED) is 0.528. The fourth-order valence-corrected chi connectivity index (χ4v) is 5.35. The number of piperidine rings is 1. The van der Waals surface area contributed by atoms with Crippen LogP contribution < -0.4 is 20.5 Å². The Hall–Kier alpha value is -3.46. The lowest BCUT2D eigenvalue weighted by molar-refractivity contribution is -0.122. The van der Waals surface area contributed by atoms with Gasteiger partial charge in [0.05, 0.1) is 18.0 Å². The first-order chi connectivity index (χ1) is 17.9. The molecule has 0 spiro atoms. The van der Waals surface area contributed by atoms with E-state index in [1.165, 1.54) is 23.8 Å². The molecule has 3 saturated heterocycles. The molecule has 1 aromatic heterocycles. The molecule has 8 nitrogen and oxygen atoms in total. The van der Waals surface area contributed by atoms with Crippen molar-refractivity contribution in [1.82, 2.24) is 19.8 Å². The number of anilines is 1. The molecule has 37 heavy (non-hydrogen) atoms. The van der Waals surface area contributed by atoms with Crippen LogP contribution in [0, 0.1) is 5.82 Å². The first-order valence-corrected chi connectivity index (χ1v) is 13.0. The maximum Gasteiger partial charge on any atom is 0.262 e. The zero-order valence-electron chi connectivity index (χ0n) is 21.7. The van der Waals surface area contributed by atoms with Crippen molar-refractivity contribution in [2.45, 2.75) is 51.7 Å². The van der Waals surface area contributed by atoms with Crippen molar-refractivity contribution in [3.8, 4) is 17.1 Å². The van der Waals surface area contributed by atoms with Gasteiger partial charge in [0, 0.05) is 49.5 Å². The Morgan fingerprint density at radius 3 is 2.68 bits per heavy atom. The second-order valence-electron chi connectivity index (χ2n) is 10.0. The van der Waals surface area contributed by atoms with Crippen molar-refractivity contribution in [1.29, 1.82) is 0 Å². The molecule has 1 amide bonds. The zero-order valence-corrected chi connectivity index (χ0v) is 21.7. The highest BCUT2D eigenvalue weighted by Crippen LogP contribution is 2.30. The van der Waals surface area contributed by atoms with Gasteiger partial charge in [-0.05, 0) is 62.6 Å². The van der Waals surface area contributed by atoms with Crippen LogP contribution in [0.2, 0.25) is 0 Å². The minimum absolute atomic E-state index is 0.0217. The van der Waals surface area contributed by atoms with Gasteiger partial charge in [0.1, 0.15) is 12.4 Å². The molecule has 196 valence electrons. The number of methoxy groups -OCH3 is 1. The van der Waals surface area contributed by atoms with Gasteiger partial charge >= 0.3 is 0 Å². The van der Waals surface area contributed by atoms with Crippen LogP contribution in [0.4, 0.5) is 10.1 Å². The van der Waals surface area contributed by atoms with Crippen LogP contribution in [-0.2, 0) is 11.3 Å². The Balaban J connectivity index is 1.61. The molecule has 3 fully saturated rings. The van der Waals surface area contributed by atoms with Crippen molar-refractivity contribution >= 4 is 22.5 Å². The lowest BCUT2D eigenvalue weighted by atomic mass is 10.0. The number of fused-ring (bicyclic) bond motifs is 5. The molecule has 2 aromatic carbocycles. The Morgan fingerprint density at radius 2 is 1.95 bits per heavy atom. The van der Waals surface area contributed by atoms with Gasteiger partial charge in [-0.15, -0.1) is 0 Å². The Bertz CT molecular complexity index is 1370. The van der Waals surface area contributed by atoms with Crippen molar-refractivity contribution in [2.24, 2.45) is 0 Å². The highest BCUT2D eigenvalue weighted by Gasteiger charge is 2.29. The standard InChI is InChI=1S/C28H34FN5O3/c1-4-18(2)30-26(35)17-34-27(19-5-7-23(29)25(15-19)37-3)31-24-8-6-21(16-22(24)28(34)36)33-14-13-32-11-9-20(33)10-12-32/h5-8,15-16,18,20H,4,9-14,17H2,1-3H3,(H,30,35)/t18-/m1/s1. The molecule has 3 aliphatic rings. The van der Waals surface area contributed by atoms with Gasteiger partial charge in [0.15, 0.2) is 11.6 Å². The van der Waals surface area contributed by atoms with Crippen LogP contribution in [0.5, 0.6) is 5.75 Å². The maximum absolute atomic E-state index is 14.1. The van der Waals surface area contributed by atoms with Gasteiger partial charge < -0.3 is 19.9 Å². The number of rotatable bonds is 7. The van der Waals surface area contributed by atoms with Crippen molar-refractivity contribution in [2.75, 3.05) is 38.2 Å². The van der Waals surface area contributed by atoms with E-state index in [0.29, 0.717) is 28.3 Å². The van der Waals surface area contributed by atoms with Crippen molar-refractivity contribution in [3.63, 3.8) is 0 Å². The predicted octanol–water partition coefficient (Wildman–Crippen LogP) is 3.41. The fourth-order valence-electron chi connectivity index (χ4n) is 5.35. The number of hydrogen-bond donors (Lipinski definition) is 1. The van der Waals surface area contributed by atoms with Crippen LogP contribution in [0.3, 0.4) is 0 Å². The summed E-state index contributed by atoms with van der Waals surface area (Å²) in [5.41, 5.74) is 1.74. The fraction of sp³-hybridized carbons (Fsp3) is 0.464. The molecule has 1 atom stereocenters. The number of ether oxygens (including phenoxy) is 1. The summed E-state index contributed by atoms with van der Waals surface area (Å²) in [4.78, 5) is 36.5. The van der Waals surface area contributed by atoms with Gasteiger partial charge in [-0.1, -0.05) is 6.92 Å². The second-order valence-corrected chi connectivity index (χ2v) is 10.0. The maximum atomic E-state index is 14.1. The Labute approximate surface area is 216 Å². The average Bonchev–Trinajstić information content (AvgIpc) is 3.24. The summed E-state index contributed by atoms with van der Waals surface area (Å²) in [5.74, 6) is -0.445. The van der Waals surface area contributed by atoms with E-state index in [1.54, 1.807) is 6.07 Å². The molecular weight excluding hydrogens is 473 g/mol. The molecule has 0 unspecified atom stereocenters. The van der Waals surface area contributed by atoms with Crippen LogP contribution in [0.1, 0.15) is 33.1 Å². The molecule has 0 saturated carbocycles. The highest BCUT2D eigenvalue weighted by atomic mass is 19.1. The van der Waals surface area contributed by atoms with E-state index in [2.05, 4.69) is 15.1 Å². The van der Waals surface area contributed by atoms with Gasteiger partial charge in [-0.3, -0.25) is 14.2 Å². The number of nitrogens with one attached hydrogen (secondary N) is 1. The van der Waals surface area contributed by atoms with Crippen LogP contribution in [0.15, 0.2) is 41.2 Å². The van der Waals surface area contributed by atoms with Crippen molar-refractivity contribution < 1.29 is 13.9 Å². The average molecular weight is 508 g/mol. The number of hydrogen-bond acceptors (Lipinski definition) is 6. The summed E-state index contributed by atoms with van der Waals surface area (Å²) in [7, 11) is 1.39. The minimum Gasteiger partial charge on any atom is -0.494 e. The lowest BCUT2D eigenvalue weighted by Crippen LogP contribution is -2.38. The SMILES string of the molecule is CC[C@@H](C)NC(=O)Cn1c(-c2ccc(F)c(OC)c2)nc2ccc(N3CCN4CCC3CC4)cc2c1=O. The summed E-state index contributed by atoms with van der Waals surface area (Å²) < 4.78 is 20.7. The lowest BCUT2D eigenvalue weighted by Gasteiger charge is -2.33. The third kappa shape index (κ3) is 5.05. The van der Waals surface area contributed by atoms with E-state index in [9.17, 15) is 14.0 Å². The Kier molecular flexibility index (Phi) is 7.15. The third-order valence-electron chi connectivity index (χ3n) is 7.66. The van der Waals surface area contributed by atoms with E-state index < -0.39 is 5.82 Å². The molecule has 1 N–H and O–H groups in total. The van der Waals surface area contributed by atoms with E-state index in [-0.39, 0.29) is 29.8 Å². The molecule has 2 bridgehead atoms. The number of carbonyl (C=O) groups is 1. The van der Waals surface area contributed by atoms with Crippen molar-refractivity contribution in [3.05, 3.63) is 52.6 Å². The molecule has 9 heteroatoms. The van der Waals surface area contributed by atoms with Gasteiger partial charge in [0.2, 0.25) is 5.91 Å². The number of carbonyl (C=O) groups excluding carboxylic acids is 1. The zero-order chi connectivity index (χ0) is 26.1. The van der Waals surface area contributed by atoms with Gasteiger partial charge in [-0.2, -0.15) is 0 Å². The smallest absolute Gasteiger partial charge is 0.262 e. The van der Waals surface area contributed by atoms with E-state index in [1.807, 2.05) is 32.0 Å². The summed E-state index contributed by atoms with van der Waals surface area (Å²) >= 11 is 0. The minimum atomic E-state index is -0.511. The number of nitrogens with zero attached hydrogens (tertiary/aromatic N) is 4. The van der Waals surface area contributed by atoms with Crippen LogP contribution >= 0.6 is 0 Å². The molecule has 4 heterocycles. The molecule has 6 rings (SSSR count). The second kappa shape index (κ2) is 10.5. The summed E-state index contributed by atoms with van der Waals surface area (Å²) in [6.45, 7) is 7.87. The monoisotopic (exact) mass is 507 g/mol. The van der Waals surface area contributed by atoms with Crippen LogP contribution in [0.25, 0.3) is 22.3 Å². The molecule has 0 aliphatic carbocycles. The van der Waals surface area contributed by atoms with E-state index >= 15 is 0 Å². The topological polar surface area (TPSA) is 79.7 Å². The number of halogens is 1. The molecule has 3 aromatic rings. The van der Waals surface area contributed by atoms with Crippen LogP contribution in [-0.4, -0.2) is 65.7 Å². The summed E-state index contributed by atoms with van der Waals surface area (Å²) in [5, 5.41) is 3.39. The first-order valence-electron chi connectivity index (χ1n) is 13.0. The third-order valence-corrected chi connectivity index (χ3v) is 7.66. The van der Waals surface area contributed by atoms with E-state index in [0.717, 1.165) is 51.1 Å².